The fourth-order valence-electron chi connectivity index (χ4n) is 1.60. The van der Waals surface area contributed by atoms with Crippen LogP contribution >= 0.6 is 0 Å². The molecule has 0 unspecified atom stereocenters. The van der Waals surface area contributed by atoms with Crippen LogP contribution < -0.4 is 10.5 Å². The molecular weight excluding hydrogens is 228 g/mol. The lowest BCUT2D eigenvalue weighted by molar-refractivity contribution is -0.0755. The van der Waals surface area contributed by atoms with E-state index in [0.717, 1.165) is 0 Å². The molecule has 94 valence electrons. The number of nitrogens with zero attached hydrogens (tertiary/aromatic N) is 1. The minimum Gasteiger partial charge on any atom is -0.478 e. The van der Waals surface area contributed by atoms with Crippen molar-refractivity contribution in [1.82, 2.24) is 4.98 Å². The zero-order valence-electron chi connectivity index (χ0n) is 9.24. The van der Waals surface area contributed by atoms with Crippen molar-refractivity contribution in [3.8, 4) is 6.08 Å². The van der Waals surface area contributed by atoms with E-state index in [4.69, 9.17) is 19.6 Å². The standard InChI is InChI=1S/C10H14N2O5/c1-5-6(4-11)16-9(14)8(7(5)13)17-10-12-2-3-15-10/h2-3,5-7,13-14H,4,11H2,1H3/t5-,6+,7-/m0/s1. The molecule has 0 spiro atoms. The van der Waals surface area contributed by atoms with E-state index >= 15 is 0 Å². The molecule has 7 heteroatoms. The van der Waals surface area contributed by atoms with Gasteiger partial charge in [0.25, 0.3) is 0 Å². The molecule has 0 saturated carbocycles. The molecule has 3 atom stereocenters. The van der Waals surface area contributed by atoms with Gasteiger partial charge in [-0.05, 0) is 0 Å². The van der Waals surface area contributed by atoms with Crippen molar-refractivity contribution in [2.24, 2.45) is 11.7 Å². The fraction of sp³-hybridized carbons (Fsp3) is 0.500. The van der Waals surface area contributed by atoms with Gasteiger partial charge in [-0.2, -0.15) is 4.98 Å². The predicted molar refractivity (Wildman–Crippen MR) is 55.9 cm³/mol. The zero-order valence-corrected chi connectivity index (χ0v) is 9.24. The largest absolute Gasteiger partial charge is 0.478 e. The number of hydrogen-bond acceptors (Lipinski definition) is 7. The molecule has 2 rings (SSSR count). The minimum atomic E-state index is -1.02. The third-order valence-corrected chi connectivity index (χ3v) is 2.67. The molecule has 1 aliphatic rings. The zero-order chi connectivity index (χ0) is 12.4. The highest BCUT2D eigenvalue weighted by molar-refractivity contribution is 5.11. The summed E-state index contributed by atoms with van der Waals surface area (Å²) >= 11 is 0. The number of hydrogen-bond donors (Lipinski definition) is 3. The fourth-order valence-corrected chi connectivity index (χ4v) is 1.60. The molecule has 0 radical (unpaired) electrons. The van der Waals surface area contributed by atoms with E-state index in [1.54, 1.807) is 6.92 Å². The molecule has 0 amide bonds. The Morgan fingerprint density at radius 2 is 2.35 bits per heavy atom. The number of ether oxygens (including phenoxy) is 2. The Morgan fingerprint density at radius 1 is 1.59 bits per heavy atom. The number of aliphatic hydroxyl groups excluding tert-OH is 2. The van der Waals surface area contributed by atoms with Crippen LogP contribution in [0.25, 0.3) is 0 Å². The van der Waals surface area contributed by atoms with Gasteiger partial charge in [0.2, 0.25) is 5.76 Å². The summed E-state index contributed by atoms with van der Waals surface area (Å²) in [6.07, 6.45) is 1.14. The summed E-state index contributed by atoms with van der Waals surface area (Å²) in [7, 11) is 0. The smallest absolute Gasteiger partial charge is 0.399 e. The SMILES string of the molecule is C[C@@H]1[C@H](O)C(Oc2ncco2)=C(O)O[C@@H]1CN. The van der Waals surface area contributed by atoms with E-state index in [1.165, 1.54) is 12.5 Å². The van der Waals surface area contributed by atoms with Crippen LogP contribution in [0, 0.1) is 5.92 Å². The van der Waals surface area contributed by atoms with Crippen molar-refractivity contribution in [2.45, 2.75) is 19.1 Å². The Balaban J connectivity index is 2.20. The molecule has 0 fully saturated rings. The second kappa shape index (κ2) is 4.64. The Hall–Kier alpha value is -1.73. The van der Waals surface area contributed by atoms with Crippen molar-refractivity contribution >= 4 is 0 Å². The third-order valence-electron chi connectivity index (χ3n) is 2.67. The quantitative estimate of drug-likeness (QED) is 0.691. The Kier molecular flexibility index (Phi) is 3.21. The van der Waals surface area contributed by atoms with Crippen LogP contribution in [-0.4, -0.2) is 33.9 Å². The average Bonchev–Trinajstić information content (AvgIpc) is 2.82. The van der Waals surface area contributed by atoms with Crippen LogP contribution in [0.3, 0.4) is 0 Å². The Morgan fingerprint density at radius 3 is 2.94 bits per heavy atom. The number of nitrogens with two attached hydrogens (primary N) is 1. The summed E-state index contributed by atoms with van der Waals surface area (Å²) in [5.74, 6) is -0.922. The van der Waals surface area contributed by atoms with Crippen molar-refractivity contribution in [2.75, 3.05) is 6.54 Å². The van der Waals surface area contributed by atoms with Gasteiger partial charge in [-0.15, -0.1) is 0 Å². The minimum absolute atomic E-state index is 0.0763. The van der Waals surface area contributed by atoms with Crippen LogP contribution in [0.15, 0.2) is 28.6 Å². The first-order valence-electron chi connectivity index (χ1n) is 5.18. The second-order valence-electron chi connectivity index (χ2n) is 3.77. The maximum atomic E-state index is 9.96. The molecule has 4 N–H and O–H groups in total. The number of aliphatic hydroxyl groups is 2. The molecule has 17 heavy (non-hydrogen) atoms. The van der Waals surface area contributed by atoms with Gasteiger partial charge < -0.3 is 29.8 Å². The molecule has 0 saturated heterocycles. The first-order valence-corrected chi connectivity index (χ1v) is 5.18. The normalized spacial score (nSPS) is 29.0. The maximum Gasteiger partial charge on any atom is 0.399 e. The highest BCUT2D eigenvalue weighted by Crippen LogP contribution is 2.29. The van der Waals surface area contributed by atoms with Crippen molar-refractivity contribution < 1.29 is 24.1 Å². The van der Waals surface area contributed by atoms with Gasteiger partial charge in [-0.1, -0.05) is 6.92 Å². The van der Waals surface area contributed by atoms with Crippen molar-refractivity contribution in [1.29, 1.82) is 0 Å². The molecule has 1 aromatic rings. The van der Waals surface area contributed by atoms with Gasteiger partial charge >= 0.3 is 12.0 Å². The van der Waals surface area contributed by atoms with Gasteiger partial charge in [0, 0.05) is 12.5 Å². The number of oxazole rings is 1. The first-order chi connectivity index (χ1) is 8.13. The van der Waals surface area contributed by atoms with E-state index < -0.39 is 18.2 Å². The second-order valence-corrected chi connectivity index (χ2v) is 3.77. The molecule has 0 bridgehead atoms. The Bertz CT molecular complexity index is 403. The molecular formula is C10H14N2O5. The summed E-state index contributed by atoms with van der Waals surface area (Å²) in [6, 6.07) is 0. The summed E-state index contributed by atoms with van der Waals surface area (Å²) in [4.78, 5) is 3.72. The molecule has 0 aliphatic carbocycles. The molecule has 1 aliphatic heterocycles. The molecule has 0 aromatic carbocycles. The van der Waals surface area contributed by atoms with Crippen molar-refractivity contribution in [3.05, 3.63) is 24.2 Å². The average molecular weight is 242 g/mol. The van der Waals surface area contributed by atoms with Crippen LogP contribution in [0.1, 0.15) is 6.92 Å². The van der Waals surface area contributed by atoms with E-state index in [2.05, 4.69) is 4.98 Å². The van der Waals surface area contributed by atoms with Crippen LogP contribution in [0.4, 0.5) is 0 Å². The summed E-state index contributed by atoms with van der Waals surface area (Å²) in [5.41, 5.74) is 5.46. The topological polar surface area (TPSA) is 111 Å². The maximum absolute atomic E-state index is 9.96. The van der Waals surface area contributed by atoms with Gasteiger partial charge in [0.1, 0.15) is 18.5 Å². The van der Waals surface area contributed by atoms with Crippen molar-refractivity contribution in [3.63, 3.8) is 0 Å². The molecule has 7 nitrogen and oxygen atoms in total. The van der Waals surface area contributed by atoms with E-state index in [0.29, 0.717) is 0 Å². The highest BCUT2D eigenvalue weighted by Gasteiger charge is 2.38. The monoisotopic (exact) mass is 242 g/mol. The number of rotatable bonds is 3. The lowest BCUT2D eigenvalue weighted by Gasteiger charge is -2.32. The molecule has 1 aromatic heterocycles. The van der Waals surface area contributed by atoms with E-state index in [9.17, 15) is 10.2 Å². The number of aromatic nitrogens is 1. The van der Waals surface area contributed by atoms with E-state index in [1.807, 2.05) is 0 Å². The predicted octanol–water partition coefficient (Wildman–Crippen LogP) is 0.135. The Labute approximate surface area is 97.5 Å². The van der Waals surface area contributed by atoms with Crippen LogP contribution in [0.2, 0.25) is 0 Å². The summed E-state index contributed by atoms with van der Waals surface area (Å²) in [5, 5.41) is 19.6. The summed E-state index contributed by atoms with van der Waals surface area (Å²) in [6.45, 7) is 1.93. The van der Waals surface area contributed by atoms with Gasteiger partial charge in [-0.3, -0.25) is 0 Å². The first kappa shape index (κ1) is 11.7. The van der Waals surface area contributed by atoms with Crippen LogP contribution in [0.5, 0.6) is 6.08 Å². The highest BCUT2D eigenvalue weighted by atomic mass is 16.6. The van der Waals surface area contributed by atoms with Gasteiger partial charge in [0.15, 0.2) is 0 Å². The summed E-state index contributed by atoms with van der Waals surface area (Å²) < 4.78 is 15.1. The van der Waals surface area contributed by atoms with Gasteiger partial charge in [0.05, 0.1) is 6.20 Å². The van der Waals surface area contributed by atoms with Crippen LogP contribution in [-0.2, 0) is 4.74 Å². The lowest BCUT2D eigenvalue weighted by Crippen LogP contribution is -2.43. The van der Waals surface area contributed by atoms with Gasteiger partial charge in [-0.25, -0.2) is 0 Å². The molecule has 2 heterocycles. The van der Waals surface area contributed by atoms with E-state index in [-0.39, 0.29) is 24.3 Å². The third kappa shape index (κ3) is 2.20. The lowest BCUT2D eigenvalue weighted by atomic mass is 9.94.